The number of hydrogen-bond donors (Lipinski definition) is 2. The zero-order chi connectivity index (χ0) is 14.7. The van der Waals surface area contributed by atoms with E-state index < -0.39 is 0 Å². The molecular formula is C13H9N5OS2. The lowest BCUT2D eigenvalue weighted by atomic mass is 10.2. The van der Waals surface area contributed by atoms with E-state index in [0.29, 0.717) is 22.6 Å². The Morgan fingerprint density at radius 2 is 2.19 bits per heavy atom. The van der Waals surface area contributed by atoms with Crippen molar-refractivity contribution >= 4 is 45.8 Å². The zero-order valence-corrected chi connectivity index (χ0v) is 12.3. The van der Waals surface area contributed by atoms with Crippen LogP contribution in [0.2, 0.25) is 0 Å². The topological polar surface area (TPSA) is 90.7 Å². The van der Waals surface area contributed by atoms with Gasteiger partial charge in [0.1, 0.15) is 22.0 Å². The van der Waals surface area contributed by atoms with Gasteiger partial charge < -0.3 is 10.6 Å². The molecule has 0 saturated carbocycles. The third kappa shape index (κ3) is 2.99. The molecule has 2 aromatic heterocycles. The van der Waals surface area contributed by atoms with Crippen molar-refractivity contribution in [3.8, 4) is 6.07 Å². The maximum Gasteiger partial charge on any atom is 0.319 e. The second-order valence-corrected chi connectivity index (χ2v) is 5.82. The average Bonchev–Trinajstić information content (AvgIpc) is 3.14. The van der Waals surface area contributed by atoms with Gasteiger partial charge in [-0.25, -0.2) is 4.79 Å². The number of benzene rings is 1. The molecule has 0 unspecified atom stereocenters. The van der Waals surface area contributed by atoms with Crippen LogP contribution in [-0.2, 0) is 6.54 Å². The largest absolute Gasteiger partial charge is 0.333 e. The molecular weight excluding hydrogens is 306 g/mol. The Morgan fingerprint density at radius 3 is 3.00 bits per heavy atom. The van der Waals surface area contributed by atoms with E-state index in [1.54, 1.807) is 12.1 Å². The summed E-state index contributed by atoms with van der Waals surface area (Å²) < 4.78 is 8.28. The maximum atomic E-state index is 11.9. The normalized spacial score (nSPS) is 10.2. The number of carbonyl (C=O) groups is 1. The highest BCUT2D eigenvalue weighted by Crippen LogP contribution is 2.21. The molecule has 8 heteroatoms. The first kappa shape index (κ1) is 13.5. The quantitative estimate of drug-likeness (QED) is 0.777. The molecule has 0 aliphatic rings. The van der Waals surface area contributed by atoms with Crippen molar-refractivity contribution in [1.29, 1.82) is 5.26 Å². The van der Waals surface area contributed by atoms with Gasteiger partial charge in [0.25, 0.3) is 0 Å². The predicted molar refractivity (Wildman–Crippen MR) is 82.3 cm³/mol. The second-order valence-electron chi connectivity index (χ2n) is 4.12. The number of rotatable bonds is 3. The SMILES string of the molecule is N#Cc1ccc(CNC(=O)Nc2cccc3nsnc23)s1. The van der Waals surface area contributed by atoms with E-state index in [1.165, 1.54) is 11.3 Å². The van der Waals surface area contributed by atoms with Crippen LogP contribution in [0.1, 0.15) is 9.75 Å². The van der Waals surface area contributed by atoms with E-state index in [4.69, 9.17) is 5.26 Å². The lowest BCUT2D eigenvalue weighted by molar-refractivity contribution is 0.252. The van der Waals surface area contributed by atoms with E-state index in [2.05, 4.69) is 25.4 Å². The molecule has 2 N–H and O–H groups in total. The molecule has 0 aliphatic carbocycles. The van der Waals surface area contributed by atoms with Crippen molar-refractivity contribution in [3.63, 3.8) is 0 Å². The summed E-state index contributed by atoms with van der Waals surface area (Å²) in [5, 5.41) is 14.3. The van der Waals surface area contributed by atoms with Gasteiger partial charge in [-0.05, 0) is 24.3 Å². The van der Waals surface area contributed by atoms with Crippen LogP contribution in [0.15, 0.2) is 30.3 Å². The molecule has 0 saturated heterocycles. The lowest BCUT2D eigenvalue weighted by Crippen LogP contribution is -2.27. The Morgan fingerprint density at radius 1 is 1.29 bits per heavy atom. The van der Waals surface area contributed by atoms with E-state index in [9.17, 15) is 4.79 Å². The Kier molecular flexibility index (Phi) is 3.77. The van der Waals surface area contributed by atoms with Crippen LogP contribution in [0.25, 0.3) is 11.0 Å². The average molecular weight is 315 g/mol. The predicted octanol–water partition coefficient (Wildman–Crippen LogP) is 2.95. The van der Waals surface area contributed by atoms with Gasteiger partial charge >= 0.3 is 6.03 Å². The molecule has 0 spiro atoms. The van der Waals surface area contributed by atoms with Crippen molar-refractivity contribution in [2.75, 3.05) is 5.32 Å². The van der Waals surface area contributed by atoms with Crippen LogP contribution in [-0.4, -0.2) is 14.8 Å². The smallest absolute Gasteiger partial charge is 0.319 e. The molecule has 1 aromatic carbocycles. The highest BCUT2D eigenvalue weighted by atomic mass is 32.1. The molecule has 3 rings (SSSR count). The van der Waals surface area contributed by atoms with Gasteiger partial charge in [0.15, 0.2) is 0 Å². The van der Waals surface area contributed by atoms with Gasteiger partial charge in [0, 0.05) is 4.88 Å². The zero-order valence-electron chi connectivity index (χ0n) is 10.7. The number of urea groups is 1. The summed E-state index contributed by atoms with van der Waals surface area (Å²) in [7, 11) is 0. The van der Waals surface area contributed by atoms with Gasteiger partial charge in [-0.15, -0.1) is 11.3 Å². The molecule has 3 aromatic rings. The minimum Gasteiger partial charge on any atom is -0.333 e. The standard InChI is InChI=1S/C13H9N5OS2/c14-6-8-4-5-9(20-8)7-15-13(19)16-10-2-1-3-11-12(10)18-21-17-11/h1-5H,7H2,(H2,15,16,19). The second kappa shape index (κ2) is 5.87. The van der Waals surface area contributed by atoms with E-state index in [0.717, 1.165) is 22.1 Å². The minimum atomic E-state index is -0.317. The molecule has 2 heterocycles. The molecule has 6 nitrogen and oxygen atoms in total. The number of amides is 2. The summed E-state index contributed by atoms with van der Waals surface area (Å²) >= 11 is 2.47. The number of aromatic nitrogens is 2. The van der Waals surface area contributed by atoms with Gasteiger partial charge in [-0.3, -0.25) is 0 Å². The first-order valence-electron chi connectivity index (χ1n) is 6.01. The Bertz CT molecular complexity index is 832. The third-order valence-electron chi connectivity index (χ3n) is 2.73. The fourth-order valence-electron chi connectivity index (χ4n) is 1.77. The fourth-order valence-corrected chi connectivity index (χ4v) is 3.07. The van der Waals surface area contributed by atoms with E-state index in [1.807, 2.05) is 18.2 Å². The number of hydrogen-bond acceptors (Lipinski definition) is 6. The Hall–Kier alpha value is -2.50. The number of nitrogens with one attached hydrogen (secondary N) is 2. The Labute approximate surface area is 128 Å². The summed E-state index contributed by atoms with van der Waals surface area (Å²) in [5.41, 5.74) is 2.07. The highest BCUT2D eigenvalue weighted by molar-refractivity contribution is 7.12. The molecule has 104 valence electrons. The van der Waals surface area contributed by atoms with Crippen LogP contribution >= 0.6 is 23.1 Å². The number of carbonyl (C=O) groups excluding carboxylic acids is 1. The summed E-state index contributed by atoms with van der Waals surface area (Å²) in [6, 6.07) is 10.8. The highest BCUT2D eigenvalue weighted by Gasteiger charge is 2.08. The monoisotopic (exact) mass is 315 g/mol. The van der Waals surface area contributed by atoms with Crippen LogP contribution in [0.5, 0.6) is 0 Å². The lowest BCUT2D eigenvalue weighted by Gasteiger charge is -2.06. The van der Waals surface area contributed by atoms with Crippen LogP contribution in [0, 0.1) is 11.3 Å². The Balaban J connectivity index is 1.64. The number of nitrogens with zero attached hydrogens (tertiary/aromatic N) is 3. The molecule has 0 bridgehead atoms. The summed E-state index contributed by atoms with van der Waals surface area (Å²) in [5.74, 6) is 0. The summed E-state index contributed by atoms with van der Waals surface area (Å²) in [6.45, 7) is 0.378. The number of fused-ring (bicyclic) bond motifs is 1. The van der Waals surface area contributed by atoms with Crippen molar-refractivity contribution in [2.45, 2.75) is 6.54 Å². The summed E-state index contributed by atoms with van der Waals surface area (Å²) in [6.07, 6.45) is 0. The minimum absolute atomic E-state index is 0.317. The van der Waals surface area contributed by atoms with E-state index in [-0.39, 0.29) is 6.03 Å². The summed E-state index contributed by atoms with van der Waals surface area (Å²) in [4.78, 5) is 13.5. The van der Waals surface area contributed by atoms with Gasteiger partial charge in [0.2, 0.25) is 0 Å². The molecule has 0 fully saturated rings. The molecule has 0 aliphatic heterocycles. The number of anilines is 1. The van der Waals surface area contributed by atoms with Crippen molar-refractivity contribution in [2.24, 2.45) is 0 Å². The third-order valence-corrected chi connectivity index (χ3v) is 4.26. The van der Waals surface area contributed by atoms with Crippen molar-refractivity contribution in [3.05, 3.63) is 40.1 Å². The van der Waals surface area contributed by atoms with Crippen molar-refractivity contribution < 1.29 is 4.79 Å². The molecule has 2 amide bonds. The number of nitriles is 1. The molecule has 0 radical (unpaired) electrons. The molecule has 21 heavy (non-hydrogen) atoms. The van der Waals surface area contributed by atoms with Gasteiger partial charge in [0.05, 0.1) is 24.0 Å². The fraction of sp³-hybridized carbons (Fsp3) is 0.0769. The van der Waals surface area contributed by atoms with Gasteiger partial charge in [-0.1, -0.05) is 6.07 Å². The maximum absolute atomic E-state index is 11.9. The van der Waals surface area contributed by atoms with Crippen molar-refractivity contribution in [1.82, 2.24) is 14.1 Å². The molecule has 0 atom stereocenters. The van der Waals surface area contributed by atoms with Crippen LogP contribution in [0.3, 0.4) is 0 Å². The number of thiophene rings is 1. The van der Waals surface area contributed by atoms with E-state index >= 15 is 0 Å². The van der Waals surface area contributed by atoms with Crippen LogP contribution in [0.4, 0.5) is 10.5 Å². The van der Waals surface area contributed by atoms with Crippen LogP contribution < -0.4 is 10.6 Å². The first-order chi connectivity index (χ1) is 10.3. The van der Waals surface area contributed by atoms with Gasteiger partial charge in [-0.2, -0.15) is 14.0 Å². The first-order valence-corrected chi connectivity index (χ1v) is 7.56.